The van der Waals surface area contributed by atoms with Crippen molar-refractivity contribution < 1.29 is 0 Å². The van der Waals surface area contributed by atoms with Crippen molar-refractivity contribution in [1.82, 2.24) is 19.9 Å². The lowest BCUT2D eigenvalue weighted by atomic mass is 9.92. The summed E-state index contributed by atoms with van der Waals surface area (Å²) in [6.45, 7) is 12.7. The molecule has 4 nitrogen and oxygen atoms in total. The van der Waals surface area contributed by atoms with Gasteiger partial charge in [0.05, 0.1) is 23.8 Å². The van der Waals surface area contributed by atoms with E-state index < -0.39 is 0 Å². The number of nitrogens with zero attached hydrogens (tertiary/aromatic N) is 4. The average Bonchev–Trinajstić information content (AvgIpc) is 2.37. The Bertz CT molecular complexity index is 516. The van der Waals surface area contributed by atoms with E-state index in [2.05, 4.69) is 61.5 Å². The Labute approximate surface area is 120 Å². The van der Waals surface area contributed by atoms with E-state index in [0.717, 1.165) is 22.8 Å². The molecule has 0 unspecified atom stereocenters. The predicted molar refractivity (Wildman–Crippen MR) is 80.5 cm³/mol. The van der Waals surface area contributed by atoms with Crippen LogP contribution in [0.1, 0.15) is 52.9 Å². The Morgan fingerprint density at radius 2 is 0.900 bits per heavy atom. The van der Waals surface area contributed by atoms with Crippen LogP contribution >= 0.6 is 0 Å². The summed E-state index contributed by atoms with van der Waals surface area (Å²) < 4.78 is 0. The molecule has 2 aromatic heterocycles. The highest BCUT2D eigenvalue weighted by molar-refractivity contribution is 5.51. The van der Waals surface area contributed by atoms with E-state index in [1.165, 1.54) is 0 Å². The molecule has 2 aromatic rings. The van der Waals surface area contributed by atoms with Gasteiger partial charge in [-0.3, -0.25) is 19.9 Å². The second kappa shape index (κ2) is 4.93. The summed E-state index contributed by atoms with van der Waals surface area (Å²) in [5.74, 6) is 0. The third-order valence-corrected chi connectivity index (χ3v) is 3.10. The highest BCUT2D eigenvalue weighted by Crippen LogP contribution is 2.22. The first-order valence-electron chi connectivity index (χ1n) is 6.83. The van der Waals surface area contributed by atoms with Gasteiger partial charge in [0.25, 0.3) is 0 Å². The van der Waals surface area contributed by atoms with E-state index in [-0.39, 0.29) is 10.8 Å². The van der Waals surface area contributed by atoms with Gasteiger partial charge in [0, 0.05) is 23.2 Å². The number of rotatable bonds is 1. The molecule has 20 heavy (non-hydrogen) atoms. The lowest BCUT2D eigenvalue weighted by Gasteiger charge is -2.18. The van der Waals surface area contributed by atoms with Crippen molar-refractivity contribution in [3.8, 4) is 11.4 Å². The van der Waals surface area contributed by atoms with Gasteiger partial charge in [0.15, 0.2) is 0 Å². The highest BCUT2D eigenvalue weighted by Gasteiger charge is 2.17. The van der Waals surface area contributed by atoms with Crippen LogP contribution in [0.15, 0.2) is 24.8 Å². The van der Waals surface area contributed by atoms with Crippen LogP contribution in [0.3, 0.4) is 0 Å². The Balaban J connectivity index is 2.29. The molecule has 0 saturated carbocycles. The van der Waals surface area contributed by atoms with Crippen LogP contribution in [0.25, 0.3) is 11.4 Å². The summed E-state index contributed by atoms with van der Waals surface area (Å²) >= 11 is 0. The van der Waals surface area contributed by atoms with Gasteiger partial charge in [-0.1, -0.05) is 41.5 Å². The SMILES string of the molecule is CC(C)(C)c1cnc(-c2cnc(C(C)(C)C)cn2)cn1. The van der Waals surface area contributed by atoms with Crippen LogP contribution in [-0.2, 0) is 10.8 Å². The number of aromatic nitrogens is 4. The predicted octanol–water partition coefficient (Wildman–Crippen LogP) is 3.53. The van der Waals surface area contributed by atoms with E-state index >= 15 is 0 Å². The molecule has 0 spiro atoms. The monoisotopic (exact) mass is 270 g/mol. The van der Waals surface area contributed by atoms with E-state index in [9.17, 15) is 0 Å². The number of hydrogen-bond donors (Lipinski definition) is 0. The molecule has 0 aliphatic heterocycles. The Morgan fingerprint density at radius 3 is 1.10 bits per heavy atom. The third-order valence-electron chi connectivity index (χ3n) is 3.10. The molecule has 2 rings (SSSR count). The lowest BCUT2D eigenvalue weighted by molar-refractivity contribution is 0.564. The smallest absolute Gasteiger partial charge is 0.108 e. The van der Waals surface area contributed by atoms with E-state index in [4.69, 9.17) is 0 Å². The average molecular weight is 270 g/mol. The lowest BCUT2D eigenvalue weighted by Crippen LogP contribution is -2.14. The maximum absolute atomic E-state index is 4.47. The van der Waals surface area contributed by atoms with Gasteiger partial charge in [-0.2, -0.15) is 0 Å². The molecular weight excluding hydrogens is 248 g/mol. The second-order valence-corrected chi connectivity index (χ2v) is 7.07. The summed E-state index contributed by atoms with van der Waals surface area (Å²) in [5.41, 5.74) is 3.47. The fraction of sp³-hybridized carbons (Fsp3) is 0.500. The van der Waals surface area contributed by atoms with Crippen LogP contribution in [0.5, 0.6) is 0 Å². The minimum absolute atomic E-state index is 0.00724. The Hall–Kier alpha value is -1.84. The summed E-state index contributed by atoms with van der Waals surface area (Å²) in [5, 5.41) is 0. The van der Waals surface area contributed by atoms with E-state index in [1.807, 2.05) is 12.4 Å². The second-order valence-electron chi connectivity index (χ2n) is 7.07. The standard InChI is InChI=1S/C16H22N4/c1-15(2,3)13-9-17-11(7-19-13)12-8-20-14(10-18-12)16(4,5)6/h7-10H,1-6H3. The summed E-state index contributed by atoms with van der Waals surface area (Å²) in [7, 11) is 0. The molecule has 0 aromatic carbocycles. The van der Waals surface area contributed by atoms with Crippen LogP contribution < -0.4 is 0 Å². The largest absolute Gasteiger partial charge is 0.257 e. The van der Waals surface area contributed by atoms with Gasteiger partial charge in [-0.05, 0) is 0 Å². The normalized spacial score (nSPS) is 12.5. The maximum atomic E-state index is 4.47. The summed E-state index contributed by atoms with van der Waals surface area (Å²) in [6, 6.07) is 0. The van der Waals surface area contributed by atoms with Crippen molar-refractivity contribution in [2.45, 2.75) is 52.4 Å². The number of hydrogen-bond acceptors (Lipinski definition) is 4. The molecule has 2 heterocycles. The zero-order valence-electron chi connectivity index (χ0n) is 13.1. The molecule has 106 valence electrons. The van der Waals surface area contributed by atoms with Gasteiger partial charge in [-0.25, -0.2) is 0 Å². The van der Waals surface area contributed by atoms with E-state index in [1.54, 1.807) is 12.4 Å². The molecule has 0 atom stereocenters. The van der Waals surface area contributed by atoms with Crippen molar-refractivity contribution in [2.24, 2.45) is 0 Å². The molecular formula is C16H22N4. The van der Waals surface area contributed by atoms with Crippen LogP contribution in [0, 0.1) is 0 Å². The van der Waals surface area contributed by atoms with Crippen LogP contribution in [0.2, 0.25) is 0 Å². The summed E-state index contributed by atoms with van der Waals surface area (Å²) in [4.78, 5) is 17.8. The van der Waals surface area contributed by atoms with Gasteiger partial charge < -0.3 is 0 Å². The molecule has 0 fully saturated rings. The Kier molecular flexibility index (Phi) is 3.59. The molecule has 0 bridgehead atoms. The molecule has 0 N–H and O–H groups in total. The fourth-order valence-electron chi connectivity index (χ4n) is 1.70. The molecule has 0 aliphatic carbocycles. The van der Waals surface area contributed by atoms with Crippen molar-refractivity contribution in [2.75, 3.05) is 0 Å². The first kappa shape index (κ1) is 14.6. The summed E-state index contributed by atoms with van der Waals surface area (Å²) in [6.07, 6.45) is 7.16. The quantitative estimate of drug-likeness (QED) is 0.795. The van der Waals surface area contributed by atoms with Gasteiger partial charge in [0.2, 0.25) is 0 Å². The van der Waals surface area contributed by atoms with Crippen molar-refractivity contribution >= 4 is 0 Å². The first-order valence-corrected chi connectivity index (χ1v) is 6.83. The van der Waals surface area contributed by atoms with Crippen molar-refractivity contribution in [3.63, 3.8) is 0 Å². The van der Waals surface area contributed by atoms with Gasteiger partial charge >= 0.3 is 0 Å². The third kappa shape index (κ3) is 3.18. The Morgan fingerprint density at radius 1 is 0.550 bits per heavy atom. The molecule has 4 heteroatoms. The molecule has 0 amide bonds. The minimum Gasteiger partial charge on any atom is -0.257 e. The minimum atomic E-state index is 0.00724. The van der Waals surface area contributed by atoms with E-state index in [0.29, 0.717) is 0 Å². The first-order chi connectivity index (χ1) is 9.18. The molecule has 0 saturated heterocycles. The molecule has 0 radical (unpaired) electrons. The fourth-order valence-corrected chi connectivity index (χ4v) is 1.70. The van der Waals surface area contributed by atoms with Crippen molar-refractivity contribution in [1.29, 1.82) is 0 Å². The zero-order valence-corrected chi connectivity index (χ0v) is 13.1. The molecule has 0 aliphatic rings. The highest BCUT2D eigenvalue weighted by atomic mass is 14.9. The zero-order chi connectivity index (χ0) is 15.0. The maximum Gasteiger partial charge on any atom is 0.108 e. The van der Waals surface area contributed by atoms with Crippen LogP contribution in [0.4, 0.5) is 0 Å². The van der Waals surface area contributed by atoms with Crippen LogP contribution in [-0.4, -0.2) is 19.9 Å². The van der Waals surface area contributed by atoms with Gasteiger partial charge in [0.1, 0.15) is 11.4 Å². The van der Waals surface area contributed by atoms with Gasteiger partial charge in [-0.15, -0.1) is 0 Å². The topological polar surface area (TPSA) is 51.6 Å². The van der Waals surface area contributed by atoms with Crippen molar-refractivity contribution in [3.05, 3.63) is 36.2 Å².